The normalized spacial score (nSPS) is 29.0. The second-order valence-electron chi connectivity index (χ2n) is 8.10. The highest BCUT2D eigenvalue weighted by atomic mass is 35.5. The van der Waals surface area contributed by atoms with E-state index in [1.807, 2.05) is 24.3 Å². The monoisotopic (exact) mass is 388 g/mol. The Hall–Kier alpha value is -1.66. The van der Waals surface area contributed by atoms with Crippen LogP contribution in [0.1, 0.15) is 30.2 Å². The Kier molecular flexibility index (Phi) is 5.12. The van der Waals surface area contributed by atoms with Gasteiger partial charge in [-0.05, 0) is 48.4 Å². The quantitative estimate of drug-likeness (QED) is 0.734. The minimum Gasteiger partial charge on any atom is -0.506 e. The van der Waals surface area contributed by atoms with Crippen molar-refractivity contribution in [3.63, 3.8) is 0 Å². The van der Waals surface area contributed by atoms with Crippen molar-refractivity contribution in [2.75, 3.05) is 19.6 Å². The van der Waals surface area contributed by atoms with Crippen LogP contribution in [0.15, 0.2) is 42.6 Å². The molecular weight excluding hydrogens is 364 g/mol. The van der Waals surface area contributed by atoms with E-state index >= 15 is 0 Å². The van der Waals surface area contributed by atoms with Gasteiger partial charge in [0.1, 0.15) is 11.9 Å². The highest BCUT2D eigenvalue weighted by molar-refractivity contribution is 6.31. The highest BCUT2D eigenvalue weighted by Crippen LogP contribution is 2.46. The largest absolute Gasteiger partial charge is 0.506 e. The van der Waals surface area contributed by atoms with Gasteiger partial charge in [0.25, 0.3) is 0 Å². The maximum Gasteiger partial charge on any atom is 0.133 e. The fourth-order valence-electron chi connectivity index (χ4n) is 4.78. The number of aliphatic hydroxyl groups excluding tert-OH is 1. The number of aliphatic hydroxyl groups is 2. The third-order valence-corrected chi connectivity index (χ3v) is 6.33. The number of benzene rings is 1. The van der Waals surface area contributed by atoms with Crippen LogP contribution in [0.5, 0.6) is 5.75 Å². The standard InChI is InChI=1S/C21H25ClN2O3/c22-18-4-2-1-3-14(18)7-21(27)8-15-11-24(12-16(15)9-21)13-20(26)19-6-5-17(25)10-23-19/h1-6,10,15-16,20,25-27H,7-9,11-13H2/t15-,16+,20?,21-. The molecule has 0 radical (unpaired) electrons. The van der Waals surface area contributed by atoms with Crippen LogP contribution in [0, 0.1) is 11.8 Å². The first kappa shape index (κ1) is 18.7. The Morgan fingerprint density at radius 1 is 1.15 bits per heavy atom. The van der Waals surface area contributed by atoms with Crippen LogP contribution in [0.25, 0.3) is 0 Å². The molecule has 1 saturated heterocycles. The zero-order valence-electron chi connectivity index (χ0n) is 15.1. The molecule has 0 amide bonds. The Morgan fingerprint density at radius 2 is 1.85 bits per heavy atom. The van der Waals surface area contributed by atoms with Crippen molar-refractivity contribution in [2.24, 2.45) is 11.8 Å². The van der Waals surface area contributed by atoms with Crippen molar-refractivity contribution in [3.8, 4) is 5.75 Å². The van der Waals surface area contributed by atoms with Crippen LogP contribution in [0.4, 0.5) is 0 Å². The molecule has 1 aromatic heterocycles. The predicted octanol–water partition coefficient (Wildman–Crippen LogP) is 2.79. The van der Waals surface area contributed by atoms with Gasteiger partial charge in [-0.1, -0.05) is 29.8 Å². The molecule has 2 aromatic rings. The summed E-state index contributed by atoms with van der Waals surface area (Å²) in [4.78, 5) is 6.35. The zero-order chi connectivity index (χ0) is 19.0. The van der Waals surface area contributed by atoms with E-state index in [4.69, 9.17) is 11.6 Å². The lowest BCUT2D eigenvalue weighted by atomic mass is 9.91. The lowest BCUT2D eigenvalue weighted by Crippen LogP contribution is -2.33. The molecule has 3 N–H and O–H groups in total. The van der Waals surface area contributed by atoms with E-state index in [-0.39, 0.29) is 5.75 Å². The summed E-state index contributed by atoms with van der Waals surface area (Å²) in [5, 5.41) is 31.5. The van der Waals surface area contributed by atoms with Crippen molar-refractivity contribution in [1.29, 1.82) is 0 Å². The fourth-order valence-corrected chi connectivity index (χ4v) is 4.98. The van der Waals surface area contributed by atoms with Gasteiger partial charge in [-0.15, -0.1) is 0 Å². The molecule has 0 spiro atoms. The first-order chi connectivity index (χ1) is 12.9. The molecule has 0 bridgehead atoms. The average Bonchev–Trinajstić information content (AvgIpc) is 3.11. The maximum absolute atomic E-state index is 11.1. The Labute approximate surface area is 164 Å². The van der Waals surface area contributed by atoms with E-state index in [2.05, 4.69) is 9.88 Å². The van der Waals surface area contributed by atoms with Crippen LogP contribution in [-0.2, 0) is 6.42 Å². The van der Waals surface area contributed by atoms with Crippen LogP contribution in [-0.4, -0.2) is 50.4 Å². The van der Waals surface area contributed by atoms with Crippen LogP contribution < -0.4 is 0 Å². The number of pyridine rings is 1. The molecule has 2 fully saturated rings. The Morgan fingerprint density at radius 3 is 2.48 bits per heavy atom. The maximum atomic E-state index is 11.1. The van der Waals surface area contributed by atoms with E-state index in [9.17, 15) is 15.3 Å². The van der Waals surface area contributed by atoms with E-state index in [0.29, 0.717) is 35.5 Å². The van der Waals surface area contributed by atoms with Crippen LogP contribution in [0.2, 0.25) is 5.02 Å². The summed E-state index contributed by atoms with van der Waals surface area (Å²) in [6.45, 7) is 2.28. The predicted molar refractivity (Wildman–Crippen MR) is 104 cm³/mol. The van der Waals surface area contributed by atoms with Gasteiger partial charge in [-0.2, -0.15) is 0 Å². The topological polar surface area (TPSA) is 76.8 Å². The number of hydrogen-bond acceptors (Lipinski definition) is 5. The van der Waals surface area contributed by atoms with Gasteiger partial charge in [0.05, 0.1) is 17.5 Å². The first-order valence-electron chi connectivity index (χ1n) is 9.43. The van der Waals surface area contributed by atoms with Gasteiger partial charge in [-0.25, -0.2) is 0 Å². The second kappa shape index (κ2) is 7.40. The van der Waals surface area contributed by atoms with Crippen molar-refractivity contribution in [2.45, 2.75) is 31.0 Å². The van der Waals surface area contributed by atoms with E-state index < -0.39 is 11.7 Å². The fraction of sp³-hybridized carbons (Fsp3) is 0.476. The molecule has 1 aliphatic heterocycles. The van der Waals surface area contributed by atoms with Crippen LogP contribution >= 0.6 is 11.6 Å². The second-order valence-corrected chi connectivity index (χ2v) is 8.50. The van der Waals surface area contributed by atoms with Crippen molar-refractivity contribution < 1.29 is 15.3 Å². The van der Waals surface area contributed by atoms with Crippen LogP contribution in [0.3, 0.4) is 0 Å². The number of halogens is 1. The Bertz CT molecular complexity index is 784. The lowest BCUT2D eigenvalue weighted by Gasteiger charge is -2.27. The van der Waals surface area contributed by atoms with Gasteiger partial charge in [0.15, 0.2) is 0 Å². The molecule has 1 unspecified atom stereocenters. The minimum absolute atomic E-state index is 0.0967. The molecule has 6 heteroatoms. The molecule has 1 saturated carbocycles. The Balaban J connectivity index is 1.34. The van der Waals surface area contributed by atoms with Gasteiger partial charge < -0.3 is 15.3 Å². The summed E-state index contributed by atoms with van der Waals surface area (Å²) in [5.41, 5.74) is 0.885. The zero-order valence-corrected chi connectivity index (χ0v) is 15.9. The summed E-state index contributed by atoms with van der Waals surface area (Å²) in [6, 6.07) is 10.9. The molecular formula is C21H25ClN2O3. The molecule has 1 aromatic carbocycles. The summed E-state index contributed by atoms with van der Waals surface area (Å²) in [6.07, 6.45) is 2.82. The SMILES string of the molecule is Oc1ccc(C(O)CN2C[C@@H]3C[C@@](O)(Cc4ccccc4Cl)C[C@@H]3C2)nc1. The van der Waals surface area contributed by atoms with Gasteiger partial charge in [-0.3, -0.25) is 9.88 Å². The first-order valence-corrected chi connectivity index (χ1v) is 9.81. The average molecular weight is 389 g/mol. The van der Waals surface area contributed by atoms with E-state index in [1.54, 1.807) is 12.1 Å². The number of β-amino-alcohol motifs (C(OH)–C–C–N with tert-alkyl or cyclic N) is 1. The number of aromatic hydroxyl groups is 1. The minimum atomic E-state index is -0.691. The molecule has 4 rings (SSSR count). The number of aromatic nitrogens is 1. The summed E-state index contributed by atoms with van der Waals surface area (Å²) < 4.78 is 0. The van der Waals surface area contributed by atoms with Crippen molar-refractivity contribution in [3.05, 3.63) is 58.9 Å². The molecule has 27 heavy (non-hydrogen) atoms. The molecule has 1 aliphatic carbocycles. The lowest BCUT2D eigenvalue weighted by molar-refractivity contribution is 0.0327. The molecule has 4 atom stereocenters. The third-order valence-electron chi connectivity index (χ3n) is 5.96. The van der Waals surface area contributed by atoms with Gasteiger partial charge >= 0.3 is 0 Å². The number of hydrogen-bond donors (Lipinski definition) is 3. The molecule has 144 valence electrons. The summed E-state index contributed by atoms with van der Waals surface area (Å²) >= 11 is 6.27. The van der Waals surface area contributed by atoms with E-state index in [0.717, 1.165) is 31.5 Å². The molecule has 2 aliphatic rings. The highest BCUT2D eigenvalue weighted by Gasteiger charge is 2.48. The smallest absolute Gasteiger partial charge is 0.133 e. The number of likely N-dealkylation sites (tertiary alicyclic amines) is 1. The molecule has 5 nitrogen and oxygen atoms in total. The van der Waals surface area contributed by atoms with Crippen molar-refractivity contribution in [1.82, 2.24) is 9.88 Å². The third kappa shape index (κ3) is 4.11. The van der Waals surface area contributed by atoms with E-state index in [1.165, 1.54) is 6.20 Å². The molecule has 2 heterocycles. The summed E-state index contributed by atoms with van der Waals surface area (Å²) in [7, 11) is 0. The number of nitrogens with zero attached hydrogens (tertiary/aromatic N) is 2. The van der Waals surface area contributed by atoms with Crippen molar-refractivity contribution >= 4 is 11.6 Å². The summed E-state index contributed by atoms with van der Waals surface area (Å²) in [5.74, 6) is 0.981. The van der Waals surface area contributed by atoms with Gasteiger partial charge in [0, 0.05) is 31.1 Å². The number of fused-ring (bicyclic) bond motifs is 1. The van der Waals surface area contributed by atoms with Gasteiger partial charge in [0.2, 0.25) is 0 Å². The number of rotatable bonds is 5.